The van der Waals surface area contributed by atoms with Crippen LogP contribution in [0.15, 0.2) is 54.6 Å². The SMILES string of the molecule is CNc1cc(C)nc(Nc2ccc(CNC(=O)c3ccccc3)c(OC)c2)n1. The first-order valence-electron chi connectivity index (χ1n) is 8.89. The fourth-order valence-electron chi connectivity index (χ4n) is 2.72. The molecule has 2 aromatic carbocycles. The number of anilines is 3. The third kappa shape index (κ3) is 4.76. The van der Waals surface area contributed by atoms with Crippen molar-refractivity contribution in [2.24, 2.45) is 0 Å². The Kier molecular flexibility index (Phi) is 6.06. The molecule has 28 heavy (non-hydrogen) atoms. The zero-order valence-corrected chi connectivity index (χ0v) is 16.1. The summed E-state index contributed by atoms with van der Waals surface area (Å²) in [5.74, 6) is 1.77. The van der Waals surface area contributed by atoms with Gasteiger partial charge in [-0.05, 0) is 25.1 Å². The summed E-state index contributed by atoms with van der Waals surface area (Å²) >= 11 is 0. The largest absolute Gasteiger partial charge is 0.496 e. The van der Waals surface area contributed by atoms with E-state index in [1.165, 1.54) is 0 Å². The topological polar surface area (TPSA) is 88.2 Å². The van der Waals surface area contributed by atoms with Crippen LogP contribution in [0, 0.1) is 6.92 Å². The van der Waals surface area contributed by atoms with Crippen LogP contribution in [0.25, 0.3) is 0 Å². The van der Waals surface area contributed by atoms with Crippen molar-refractivity contribution < 1.29 is 9.53 Å². The Morgan fingerprint density at radius 2 is 1.86 bits per heavy atom. The highest BCUT2D eigenvalue weighted by atomic mass is 16.5. The van der Waals surface area contributed by atoms with E-state index in [4.69, 9.17) is 4.74 Å². The number of hydrogen-bond acceptors (Lipinski definition) is 6. The molecule has 3 N–H and O–H groups in total. The Hall–Kier alpha value is -3.61. The van der Waals surface area contributed by atoms with E-state index in [-0.39, 0.29) is 5.91 Å². The van der Waals surface area contributed by atoms with Gasteiger partial charge in [-0.3, -0.25) is 4.79 Å². The minimum Gasteiger partial charge on any atom is -0.496 e. The number of hydrogen-bond donors (Lipinski definition) is 3. The normalized spacial score (nSPS) is 10.2. The Morgan fingerprint density at radius 3 is 2.57 bits per heavy atom. The van der Waals surface area contributed by atoms with E-state index in [1.807, 2.05) is 56.4 Å². The summed E-state index contributed by atoms with van der Waals surface area (Å²) in [6.07, 6.45) is 0. The molecule has 3 aromatic rings. The minimum atomic E-state index is -0.127. The molecule has 0 saturated carbocycles. The van der Waals surface area contributed by atoms with Crippen molar-refractivity contribution in [1.29, 1.82) is 0 Å². The number of methoxy groups -OCH3 is 1. The van der Waals surface area contributed by atoms with E-state index in [1.54, 1.807) is 19.2 Å². The van der Waals surface area contributed by atoms with E-state index in [9.17, 15) is 4.79 Å². The summed E-state index contributed by atoms with van der Waals surface area (Å²) in [6, 6.07) is 16.6. The zero-order valence-electron chi connectivity index (χ0n) is 16.1. The first-order valence-corrected chi connectivity index (χ1v) is 8.89. The average molecular weight is 377 g/mol. The van der Waals surface area contributed by atoms with Gasteiger partial charge in [0.2, 0.25) is 5.95 Å². The van der Waals surface area contributed by atoms with Gasteiger partial charge < -0.3 is 20.7 Å². The van der Waals surface area contributed by atoms with E-state index in [0.29, 0.717) is 23.8 Å². The summed E-state index contributed by atoms with van der Waals surface area (Å²) in [7, 11) is 3.41. The molecule has 1 aromatic heterocycles. The van der Waals surface area contributed by atoms with E-state index < -0.39 is 0 Å². The molecule has 0 aliphatic heterocycles. The highest BCUT2D eigenvalue weighted by Gasteiger charge is 2.09. The molecule has 1 heterocycles. The molecule has 7 nitrogen and oxygen atoms in total. The van der Waals surface area contributed by atoms with Gasteiger partial charge >= 0.3 is 0 Å². The van der Waals surface area contributed by atoms with E-state index in [2.05, 4.69) is 25.9 Å². The van der Waals surface area contributed by atoms with Gasteiger partial charge in [0.1, 0.15) is 11.6 Å². The van der Waals surface area contributed by atoms with E-state index in [0.717, 1.165) is 22.8 Å². The van der Waals surface area contributed by atoms with Crippen molar-refractivity contribution in [2.75, 3.05) is 24.8 Å². The maximum Gasteiger partial charge on any atom is 0.251 e. The summed E-state index contributed by atoms with van der Waals surface area (Å²) in [4.78, 5) is 21.0. The molecular weight excluding hydrogens is 354 g/mol. The van der Waals surface area contributed by atoms with Gasteiger partial charge in [-0.25, -0.2) is 4.98 Å². The van der Waals surface area contributed by atoms with Gasteiger partial charge in [-0.2, -0.15) is 4.98 Å². The second-order valence-electron chi connectivity index (χ2n) is 6.17. The van der Waals surface area contributed by atoms with Gasteiger partial charge in [-0.15, -0.1) is 0 Å². The minimum absolute atomic E-state index is 0.127. The number of aromatic nitrogens is 2. The molecule has 7 heteroatoms. The first kappa shape index (κ1) is 19.2. The quantitative estimate of drug-likeness (QED) is 0.584. The Morgan fingerprint density at radius 1 is 1.07 bits per heavy atom. The van der Waals surface area contributed by atoms with Crippen LogP contribution >= 0.6 is 0 Å². The molecule has 3 rings (SSSR count). The number of nitrogens with one attached hydrogen (secondary N) is 3. The number of carbonyl (C=O) groups is 1. The molecule has 0 radical (unpaired) electrons. The highest BCUT2D eigenvalue weighted by molar-refractivity contribution is 5.94. The first-order chi connectivity index (χ1) is 13.6. The van der Waals surface area contributed by atoms with Crippen molar-refractivity contribution in [1.82, 2.24) is 15.3 Å². The second kappa shape index (κ2) is 8.85. The van der Waals surface area contributed by atoms with Crippen LogP contribution in [-0.4, -0.2) is 30.0 Å². The molecule has 144 valence electrons. The Labute approximate surface area is 164 Å². The monoisotopic (exact) mass is 377 g/mol. The maximum absolute atomic E-state index is 12.2. The molecule has 0 spiro atoms. The van der Waals surface area contributed by atoms with Gasteiger partial charge in [0.15, 0.2) is 0 Å². The molecule has 0 fully saturated rings. The fourth-order valence-corrected chi connectivity index (χ4v) is 2.72. The number of aryl methyl sites for hydroxylation is 1. The van der Waals surface area contributed by atoms with Crippen molar-refractivity contribution in [3.05, 3.63) is 71.4 Å². The number of rotatable bonds is 7. The fraction of sp³-hybridized carbons (Fsp3) is 0.190. The number of carbonyl (C=O) groups excluding carboxylic acids is 1. The number of ether oxygens (including phenoxy) is 1. The van der Waals surface area contributed by atoms with Crippen LogP contribution in [-0.2, 0) is 6.54 Å². The van der Waals surface area contributed by atoms with E-state index >= 15 is 0 Å². The number of nitrogens with zero attached hydrogens (tertiary/aromatic N) is 2. The highest BCUT2D eigenvalue weighted by Crippen LogP contribution is 2.25. The summed E-state index contributed by atoms with van der Waals surface area (Å²) in [5.41, 5.74) is 3.15. The van der Waals surface area contributed by atoms with Gasteiger partial charge in [-0.1, -0.05) is 24.3 Å². The lowest BCUT2D eigenvalue weighted by molar-refractivity contribution is 0.0950. The predicted octanol–water partition coefficient (Wildman–Crippen LogP) is 3.51. The van der Waals surface area contributed by atoms with Crippen molar-refractivity contribution in [3.8, 4) is 5.75 Å². The smallest absolute Gasteiger partial charge is 0.251 e. The Bertz CT molecular complexity index is 960. The summed E-state index contributed by atoms with van der Waals surface area (Å²) in [6.45, 7) is 2.27. The van der Waals surface area contributed by atoms with Crippen molar-refractivity contribution in [3.63, 3.8) is 0 Å². The lowest BCUT2D eigenvalue weighted by Gasteiger charge is -2.13. The van der Waals surface area contributed by atoms with Crippen LogP contribution in [0.5, 0.6) is 5.75 Å². The molecule has 0 bridgehead atoms. The van der Waals surface area contributed by atoms with Crippen molar-refractivity contribution in [2.45, 2.75) is 13.5 Å². The van der Waals surface area contributed by atoms with Crippen LogP contribution in [0.3, 0.4) is 0 Å². The number of amides is 1. The van der Waals surface area contributed by atoms with Crippen molar-refractivity contribution >= 4 is 23.4 Å². The second-order valence-corrected chi connectivity index (χ2v) is 6.17. The van der Waals surface area contributed by atoms with Crippen LogP contribution in [0.2, 0.25) is 0 Å². The third-order valence-corrected chi connectivity index (χ3v) is 4.13. The molecule has 0 aliphatic rings. The maximum atomic E-state index is 12.2. The molecular formula is C21H23N5O2. The standard InChI is InChI=1S/C21H23N5O2/c1-14-11-19(22-2)26-21(24-14)25-17-10-9-16(18(12-17)28-3)13-23-20(27)15-7-5-4-6-8-15/h4-12H,13H2,1-3H3,(H,23,27)(H2,22,24,25,26). The molecule has 0 atom stereocenters. The zero-order chi connectivity index (χ0) is 19.9. The number of benzene rings is 2. The van der Waals surface area contributed by atoms with Crippen LogP contribution < -0.4 is 20.7 Å². The molecule has 0 aliphatic carbocycles. The lowest BCUT2D eigenvalue weighted by Crippen LogP contribution is -2.22. The summed E-state index contributed by atoms with van der Waals surface area (Å²) in [5, 5.41) is 9.10. The Balaban J connectivity index is 1.72. The van der Waals surface area contributed by atoms with Crippen LogP contribution in [0.1, 0.15) is 21.6 Å². The average Bonchev–Trinajstić information content (AvgIpc) is 2.72. The van der Waals surface area contributed by atoms with Crippen LogP contribution in [0.4, 0.5) is 17.5 Å². The van der Waals surface area contributed by atoms with Gasteiger partial charge in [0, 0.05) is 48.2 Å². The van der Waals surface area contributed by atoms with Gasteiger partial charge in [0.25, 0.3) is 5.91 Å². The molecule has 1 amide bonds. The molecule has 0 unspecified atom stereocenters. The van der Waals surface area contributed by atoms with Gasteiger partial charge in [0.05, 0.1) is 7.11 Å². The predicted molar refractivity (Wildman–Crippen MR) is 110 cm³/mol. The molecule has 0 saturated heterocycles. The third-order valence-electron chi connectivity index (χ3n) is 4.13. The lowest BCUT2D eigenvalue weighted by atomic mass is 10.1. The summed E-state index contributed by atoms with van der Waals surface area (Å²) < 4.78 is 5.49.